The van der Waals surface area contributed by atoms with Crippen LogP contribution in [0.3, 0.4) is 0 Å². The van der Waals surface area contributed by atoms with Gasteiger partial charge in [0, 0.05) is 6.04 Å². The molecule has 8 nitrogen and oxygen atoms in total. The van der Waals surface area contributed by atoms with E-state index in [1.165, 1.54) is 0 Å². The summed E-state index contributed by atoms with van der Waals surface area (Å²) in [5.41, 5.74) is -0.952. The maximum Gasteiger partial charge on any atom is 0.326 e. The molecule has 0 aliphatic carbocycles. The van der Waals surface area contributed by atoms with Gasteiger partial charge in [-0.3, -0.25) is 19.3 Å². The lowest BCUT2D eigenvalue weighted by molar-refractivity contribution is -0.151. The van der Waals surface area contributed by atoms with E-state index in [-0.39, 0.29) is 6.04 Å². The SMILES string of the molecule is CCC1(CC)NC(=O)N(CC(=O)OCC(=O)NC(C)C)C1=O. The third-order valence-electron chi connectivity index (χ3n) is 3.55. The van der Waals surface area contributed by atoms with Crippen molar-refractivity contribution in [2.45, 2.75) is 52.1 Å². The first-order valence-electron chi connectivity index (χ1n) is 7.34. The molecule has 8 heteroatoms. The summed E-state index contributed by atoms with van der Waals surface area (Å²) in [7, 11) is 0. The summed E-state index contributed by atoms with van der Waals surface area (Å²) in [6, 6.07) is -0.677. The maximum absolute atomic E-state index is 12.3. The highest BCUT2D eigenvalue weighted by molar-refractivity contribution is 6.08. The smallest absolute Gasteiger partial charge is 0.326 e. The van der Waals surface area contributed by atoms with E-state index in [0.29, 0.717) is 12.8 Å². The van der Waals surface area contributed by atoms with Crippen LogP contribution in [0, 0.1) is 0 Å². The van der Waals surface area contributed by atoms with Gasteiger partial charge in [-0.1, -0.05) is 13.8 Å². The van der Waals surface area contributed by atoms with Gasteiger partial charge >= 0.3 is 12.0 Å². The Labute approximate surface area is 129 Å². The van der Waals surface area contributed by atoms with Crippen LogP contribution in [0.1, 0.15) is 40.5 Å². The molecule has 0 aromatic rings. The van der Waals surface area contributed by atoms with Gasteiger partial charge < -0.3 is 15.4 Å². The van der Waals surface area contributed by atoms with Gasteiger partial charge in [0.15, 0.2) is 6.61 Å². The molecule has 0 saturated carbocycles. The van der Waals surface area contributed by atoms with E-state index in [9.17, 15) is 19.2 Å². The molecule has 0 radical (unpaired) electrons. The van der Waals surface area contributed by atoms with Crippen LogP contribution >= 0.6 is 0 Å². The zero-order valence-corrected chi connectivity index (χ0v) is 13.4. The molecule has 4 amide bonds. The number of rotatable bonds is 7. The number of esters is 1. The molecule has 1 rings (SSSR count). The Morgan fingerprint density at radius 3 is 2.32 bits per heavy atom. The molecule has 1 heterocycles. The van der Waals surface area contributed by atoms with Crippen molar-refractivity contribution >= 4 is 23.8 Å². The molecule has 2 N–H and O–H groups in total. The van der Waals surface area contributed by atoms with Crippen LogP contribution in [0.4, 0.5) is 4.79 Å². The Morgan fingerprint density at radius 2 is 1.86 bits per heavy atom. The fourth-order valence-electron chi connectivity index (χ4n) is 2.23. The van der Waals surface area contributed by atoms with Gasteiger partial charge in [0.1, 0.15) is 12.1 Å². The number of nitrogens with one attached hydrogen (secondary N) is 2. The van der Waals surface area contributed by atoms with Gasteiger partial charge in [-0.25, -0.2) is 4.79 Å². The minimum Gasteiger partial charge on any atom is -0.454 e. The topological polar surface area (TPSA) is 105 Å². The molecule has 1 aliphatic rings. The molecular weight excluding hydrogens is 290 g/mol. The first-order valence-corrected chi connectivity index (χ1v) is 7.34. The molecule has 0 unspecified atom stereocenters. The van der Waals surface area contributed by atoms with Crippen molar-refractivity contribution in [3.8, 4) is 0 Å². The fraction of sp³-hybridized carbons (Fsp3) is 0.714. The molecule has 0 aromatic carbocycles. The Kier molecular flexibility index (Phi) is 5.90. The Bertz CT molecular complexity index is 471. The Balaban J connectivity index is 2.56. The number of hydrogen-bond acceptors (Lipinski definition) is 5. The van der Waals surface area contributed by atoms with Crippen molar-refractivity contribution in [2.24, 2.45) is 0 Å². The lowest BCUT2D eigenvalue weighted by atomic mass is 9.93. The van der Waals surface area contributed by atoms with Gasteiger partial charge in [-0.2, -0.15) is 0 Å². The van der Waals surface area contributed by atoms with Crippen LogP contribution < -0.4 is 10.6 Å². The second kappa shape index (κ2) is 7.24. The van der Waals surface area contributed by atoms with E-state index in [1.54, 1.807) is 27.7 Å². The molecule has 1 saturated heterocycles. The van der Waals surface area contributed by atoms with E-state index in [0.717, 1.165) is 4.90 Å². The van der Waals surface area contributed by atoms with Crippen molar-refractivity contribution in [3.05, 3.63) is 0 Å². The molecule has 1 fully saturated rings. The summed E-state index contributed by atoms with van der Waals surface area (Å²) >= 11 is 0. The number of imide groups is 1. The Morgan fingerprint density at radius 1 is 1.27 bits per heavy atom. The maximum atomic E-state index is 12.3. The first-order chi connectivity index (χ1) is 10.3. The number of nitrogens with zero attached hydrogens (tertiary/aromatic N) is 1. The third-order valence-corrected chi connectivity index (χ3v) is 3.55. The van der Waals surface area contributed by atoms with Crippen molar-refractivity contribution in [1.82, 2.24) is 15.5 Å². The summed E-state index contributed by atoms with van der Waals surface area (Å²) in [6.45, 7) is 6.21. The van der Waals surface area contributed by atoms with Gasteiger partial charge in [0.25, 0.3) is 11.8 Å². The molecule has 0 atom stereocenters. The highest BCUT2D eigenvalue weighted by Gasteiger charge is 2.49. The van der Waals surface area contributed by atoms with E-state index < -0.39 is 42.5 Å². The molecular formula is C14H23N3O5. The minimum absolute atomic E-state index is 0.0631. The predicted molar refractivity (Wildman–Crippen MR) is 77.8 cm³/mol. The lowest BCUT2D eigenvalue weighted by Gasteiger charge is -2.22. The van der Waals surface area contributed by atoms with E-state index >= 15 is 0 Å². The largest absolute Gasteiger partial charge is 0.454 e. The number of carbonyl (C=O) groups is 4. The van der Waals surface area contributed by atoms with Gasteiger partial charge in [0.2, 0.25) is 0 Å². The third kappa shape index (κ3) is 3.96. The summed E-state index contributed by atoms with van der Waals surface area (Å²) in [5.74, 6) is -1.67. The summed E-state index contributed by atoms with van der Waals surface area (Å²) < 4.78 is 4.77. The molecule has 22 heavy (non-hydrogen) atoms. The number of carbonyl (C=O) groups excluding carboxylic acids is 4. The lowest BCUT2D eigenvalue weighted by Crippen LogP contribution is -2.46. The van der Waals surface area contributed by atoms with Gasteiger partial charge in [-0.05, 0) is 26.7 Å². The van der Waals surface area contributed by atoms with Crippen molar-refractivity contribution < 1.29 is 23.9 Å². The fourth-order valence-corrected chi connectivity index (χ4v) is 2.23. The molecule has 1 aliphatic heterocycles. The second-order valence-corrected chi connectivity index (χ2v) is 5.49. The quantitative estimate of drug-likeness (QED) is 0.515. The van der Waals surface area contributed by atoms with Crippen molar-refractivity contribution in [1.29, 1.82) is 0 Å². The highest BCUT2D eigenvalue weighted by atomic mass is 16.5. The first kappa shape index (κ1) is 17.9. The minimum atomic E-state index is -0.952. The number of amides is 4. The summed E-state index contributed by atoms with van der Waals surface area (Å²) in [6.07, 6.45) is 0.882. The van der Waals surface area contributed by atoms with E-state index in [2.05, 4.69) is 10.6 Å². The van der Waals surface area contributed by atoms with E-state index in [4.69, 9.17) is 4.74 Å². The van der Waals surface area contributed by atoms with Crippen LogP contribution in [0.25, 0.3) is 0 Å². The van der Waals surface area contributed by atoms with Crippen LogP contribution in [0.15, 0.2) is 0 Å². The molecule has 0 aromatic heterocycles. The Hall–Kier alpha value is -2.12. The average molecular weight is 313 g/mol. The molecule has 124 valence electrons. The van der Waals surface area contributed by atoms with Crippen LogP contribution in [0.2, 0.25) is 0 Å². The van der Waals surface area contributed by atoms with E-state index in [1.807, 2.05) is 0 Å². The standard InChI is InChI=1S/C14H23N3O5/c1-5-14(6-2)12(20)17(13(21)16-14)7-11(19)22-8-10(18)15-9(3)4/h9H,5-8H2,1-4H3,(H,15,18)(H,16,21). The zero-order chi connectivity index (χ0) is 16.9. The molecule has 0 bridgehead atoms. The van der Waals surface area contributed by atoms with Crippen LogP contribution in [-0.2, 0) is 19.1 Å². The zero-order valence-electron chi connectivity index (χ0n) is 13.4. The van der Waals surface area contributed by atoms with Crippen molar-refractivity contribution in [3.63, 3.8) is 0 Å². The number of urea groups is 1. The summed E-state index contributed by atoms with van der Waals surface area (Å²) in [5, 5.41) is 5.18. The highest BCUT2D eigenvalue weighted by Crippen LogP contribution is 2.24. The van der Waals surface area contributed by atoms with Gasteiger partial charge in [-0.15, -0.1) is 0 Å². The molecule has 0 spiro atoms. The number of ether oxygens (including phenoxy) is 1. The average Bonchev–Trinajstić information content (AvgIpc) is 2.69. The normalized spacial score (nSPS) is 16.7. The van der Waals surface area contributed by atoms with Crippen molar-refractivity contribution in [2.75, 3.05) is 13.2 Å². The predicted octanol–water partition coefficient (Wildman–Crippen LogP) is 0.165. The second-order valence-electron chi connectivity index (χ2n) is 5.49. The van der Waals surface area contributed by atoms with Crippen LogP contribution in [0.5, 0.6) is 0 Å². The summed E-state index contributed by atoms with van der Waals surface area (Å²) in [4.78, 5) is 48.0. The van der Waals surface area contributed by atoms with Gasteiger partial charge in [0.05, 0.1) is 0 Å². The monoisotopic (exact) mass is 313 g/mol. The van der Waals surface area contributed by atoms with Crippen LogP contribution in [-0.4, -0.2) is 53.4 Å². The number of hydrogen-bond donors (Lipinski definition) is 2.